The largest absolute Gasteiger partial charge is 0.362 e. The second-order valence-electron chi connectivity index (χ2n) is 5.32. The van der Waals surface area contributed by atoms with E-state index in [0.29, 0.717) is 0 Å². The third kappa shape index (κ3) is 3.54. The fraction of sp³-hybridized carbons (Fsp3) is 0.222. The molecule has 5 heteroatoms. The molecule has 0 saturated heterocycles. The van der Waals surface area contributed by atoms with Crippen LogP contribution < -0.4 is 5.32 Å². The Hall–Kier alpha value is -1.91. The topological polar surface area (TPSA) is 37.8 Å². The fourth-order valence-electron chi connectivity index (χ4n) is 2.42. The summed E-state index contributed by atoms with van der Waals surface area (Å²) in [5.41, 5.74) is 4.28. The lowest BCUT2D eigenvalue weighted by Crippen LogP contribution is -1.97. The minimum Gasteiger partial charge on any atom is -0.362 e. The van der Waals surface area contributed by atoms with Gasteiger partial charge in [-0.3, -0.25) is 4.98 Å². The van der Waals surface area contributed by atoms with Crippen LogP contribution in [0.15, 0.2) is 42.7 Å². The van der Waals surface area contributed by atoms with Crippen molar-refractivity contribution in [3.8, 4) is 21.7 Å². The van der Waals surface area contributed by atoms with Crippen molar-refractivity contribution in [2.75, 3.05) is 11.9 Å². The maximum absolute atomic E-state index is 6.08. The minimum absolute atomic E-state index is 0.743. The molecule has 0 saturated carbocycles. The summed E-state index contributed by atoms with van der Waals surface area (Å²) < 4.78 is 0. The third-order valence-electron chi connectivity index (χ3n) is 3.55. The van der Waals surface area contributed by atoms with E-state index in [4.69, 9.17) is 11.6 Å². The lowest BCUT2D eigenvalue weighted by Gasteiger charge is -2.10. The minimum atomic E-state index is 0.743. The second kappa shape index (κ2) is 7.11. The number of halogens is 1. The molecule has 2 heterocycles. The van der Waals surface area contributed by atoms with Crippen LogP contribution in [0, 0.1) is 6.92 Å². The predicted molar refractivity (Wildman–Crippen MR) is 99.3 cm³/mol. The number of nitrogens with one attached hydrogen (secondary N) is 1. The molecule has 0 radical (unpaired) electrons. The SMILES string of the molecule is CCCNc1ncc(-c2cccnc2-c2ccc(Cl)cc2C)s1. The van der Waals surface area contributed by atoms with Crippen molar-refractivity contribution in [1.82, 2.24) is 9.97 Å². The van der Waals surface area contributed by atoms with Crippen LogP contribution in [0.2, 0.25) is 5.02 Å². The molecule has 0 fully saturated rings. The molecule has 23 heavy (non-hydrogen) atoms. The quantitative estimate of drug-likeness (QED) is 0.649. The average Bonchev–Trinajstić information content (AvgIpc) is 3.02. The molecule has 0 unspecified atom stereocenters. The summed E-state index contributed by atoms with van der Waals surface area (Å²) in [6.45, 7) is 5.13. The molecule has 0 spiro atoms. The monoisotopic (exact) mass is 343 g/mol. The number of anilines is 1. The summed E-state index contributed by atoms with van der Waals surface area (Å²) in [4.78, 5) is 10.2. The van der Waals surface area contributed by atoms with E-state index < -0.39 is 0 Å². The van der Waals surface area contributed by atoms with Gasteiger partial charge in [-0.15, -0.1) is 0 Å². The van der Waals surface area contributed by atoms with Crippen molar-refractivity contribution >= 4 is 28.1 Å². The Labute approximate surface area is 145 Å². The number of rotatable bonds is 5. The summed E-state index contributed by atoms with van der Waals surface area (Å²) in [6, 6.07) is 9.96. The van der Waals surface area contributed by atoms with E-state index in [1.165, 1.54) is 0 Å². The van der Waals surface area contributed by atoms with Crippen molar-refractivity contribution in [1.29, 1.82) is 0 Å². The highest BCUT2D eigenvalue weighted by Crippen LogP contribution is 2.36. The molecule has 3 rings (SSSR count). The Balaban J connectivity index is 2.02. The Morgan fingerprint density at radius 2 is 2.04 bits per heavy atom. The molecule has 3 aromatic rings. The van der Waals surface area contributed by atoms with Gasteiger partial charge in [0.25, 0.3) is 0 Å². The van der Waals surface area contributed by atoms with Gasteiger partial charge >= 0.3 is 0 Å². The van der Waals surface area contributed by atoms with Crippen LogP contribution in [0.25, 0.3) is 21.7 Å². The van der Waals surface area contributed by atoms with Gasteiger partial charge in [0.15, 0.2) is 5.13 Å². The molecule has 0 bridgehead atoms. The van der Waals surface area contributed by atoms with Crippen molar-refractivity contribution in [3.63, 3.8) is 0 Å². The number of benzene rings is 1. The van der Waals surface area contributed by atoms with Crippen LogP contribution >= 0.6 is 22.9 Å². The van der Waals surface area contributed by atoms with Crippen molar-refractivity contribution < 1.29 is 0 Å². The normalized spacial score (nSPS) is 10.7. The van der Waals surface area contributed by atoms with Crippen molar-refractivity contribution in [2.24, 2.45) is 0 Å². The lowest BCUT2D eigenvalue weighted by molar-refractivity contribution is 0.976. The maximum atomic E-state index is 6.08. The molecule has 0 aliphatic heterocycles. The molecule has 2 aromatic heterocycles. The Morgan fingerprint density at radius 3 is 2.83 bits per heavy atom. The van der Waals surface area contributed by atoms with E-state index in [0.717, 1.165) is 50.4 Å². The van der Waals surface area contributed by atoms with Gasteiger partial charge in [-0.1, -0.05) is 35.9 Å². The standard InChI is InChI=1S/C18H18ClN3S/c1-3-8-21-18-22-11-16(23-18)15-5-4-9-20-17(15)14-7-6-13(19)10-12(14)2/h4-7,9-11H,3,8H2,1-2H3,(H,21,22). The molecule has 0 aliphatic rings. The van der Waals surface area contributed by atoms with E-state index in [1.807, 2.05) is 36.7 Å². The van der Waals surface area contributed by atoms with Crippen LogP contribution in [0.5, 0.6) is 0 Å². The maximum Gasteiger partial charge on any atom is 0.183 e. The summed E-state index contributed by atoms with van der Waals surface area (Å²) in [5.74, 6) is 0. The van der Waals surface area contributed by atoms with Crippen LogP contribution in [-0.4, -0.2) is 16.5 Å². The molecule has 118 valence electrons. The first kappa shape index (κ1) is 16.0. The Morgan fingerprint density at radius 1 is 1.17 bits per heavy atom. The molecule has 1 aromatic carbocycles. The Bertz CT molecular complexity index is 814. The van der Waals surface area contributed by atoms with Gasteiger partial charge in [-0.05, 0) is 43.2 Å². The summed E-state index contributed by atoms with van der Waals surface area (Å²) in [6.07, 6.45) is 4.82. The zero-order valence-corrected chi connectivity index (χ0v) is 14.7. The number of pyridine rings is 1. The number of hydrogen-bond donors (Lipinski definition) is 1. The first-order valence-corrected chi connectivity index (χ1v) is 8.80. The van der Waals surface area contributed by atoms with Crippen LogP contribution in [-0.2, 0) is 0 Å². The zero-order valence-electron chi connectivity index (χ0n) is 13.1. The van der Waals surface area contributed by atoms with Gasteiger partial charge in [0.05, 0.1) is 10.6 Å². The van der Waals surface area contributed by atoms with E-state index in [-0.39, 0.29) is 0 Å². The lowest BCUT2D eigenvalue weighted by atomic mass is 10.0. The van der Waals surface area contributed by atoms with E-state index in [9.17, 15) is 0 Å². The number of hydrogen-bond acceptors (Lipinski definition) is 4. The zero-order chi connectivity index (χ0) is 16.2. The molecule has 0 amide bonds. The molecule has 0 atom stereocenters. The summed E-state index contributed by atoms with van der Waals surface area (Å²) >= 11 is 7.73. The number of thiazole rings is 1. The average molecular weight is 344 g/mol. The smallest absolute Gasteiger partial charge is 0.183 e. The highest BCUT2D eigenvalue weighted by atomic mass is 35.5. The van der Waals surface area contributed by atoms with E-state index in [1.54, 1.807) is 11.3 Å². The van der Waals surface area contributed by atoms with Crippen LogP contribution in [0.4, 0.5) is 5.13 Å². The molecular weight excluding hydrogens is 326 g/mol. The van der Waals surface area contributed by atoms with Crippen LogP contribution in [0.1, 0.15) is 18.9 Å². The number of aromatic nitrogens is 2. The molecule has 3 nitrogen and oxygen atoms in total. The molecule has 1 N–H and O–H groups in total. The predicted octanol–water partition coefficient (Wildman–Crippen LogP) is 5.66. The summed E-state index contributed by atoms with van der Waals surface area (Å²) in [5, 5.41) is 5.02. The van der Waals surface area contributed by atoms with Gasteiger partial charge in [0.2, 0.25) is 0 Å². The first-order valence-electron chi connectivity index (χ1n) is 7.60. The number of aryl methyl sites for hydroxylation is 1. The van der Waals surface area contributed by atoms with Gasteiger partial charge in [0, 0.05) is 35.1 Å². The van der Waals surface area contributed by atoms with Gasteiger partial charge in [-0.2, -0.15) is 0 Å². The van der Waals surface area contributed by atoms with Gasteiger partial charge < -0.3 is 5.32 Å². The highest BCUT2D eigenvalue weighted by Gasteiger charge is 2.13. The fourth-order valence-corrected chi connectivity index (χ4v) is 3.52. The Kier molecular flexibility index (Phi) is 4.94. The van der Waals surface area contributed by atoms with Gasteiger partial charge in [-0.25, -0.2) is 4.98 Å². The second-order valence-corrected chi connectivity index (χ2v) is 6.78. The number of nitrogens with zero attached hydrogens (tertiary/aromatic N) is 2. The van der Waals surface area contributed by atoms with Crippen molar-refractivity contribution in [2.45, 2.75) is 20.3 Å². The first-order chi connectivity index (χ1) is 11.2. The van der Waals surface area contributed by atoms with Gasteiger partial charge in [0.1, 0.15) is 0 Å². The summed E-state index contributed by atoms with van der Waals surface area (Å²) in [7, 11) is 0. The highest BCUT2D eigenvalue weighted by molar-refractivity contribution is 7.18. The van der Waals surface area contributed by atoms with Crippen LogP contribution in [0.3, 0.4) is 0 Å². The van der Waals surface area contributed by atoms with Crippen molar-refractivity contribution in [3.05, 3.63) is 53.3 Å². The van der Waals surface area contributed by atoms with E-state index in [2.05, 4.69) is 35.2 Å². The van der Waals surface area contributed by atoms with E-state index >= 15 is 0 Å². The molecule has 0 aliphatic carbocycles. The molecular formula is C18H18ClN3S. The third-order valence-corrected chi connectivity index (χ3v) is 4.77.